The van der Waals surface area contributed by atoms with Crippen molar-refractivity contribution in [1.29, 1.82) is 0 Å². The molecule has 3 heteroatoms. The molecule has 1 atom stereocenters. The van der Waals surface area contributed by atoms with Gasteiger partial charge in [-0.2, -0.15) is 0 Å². The maximum Gasteiger partial charge on any atom is 0.162 e. The summed E-state index contributed by atoms with van der Waals surface area (Å²) in [5.74, 6) is 0.120. The topological polar surface area (TPSA) is 42.0 Å². The monoisotopic (exact) mass is 354 g/mol. The van der Waals surface area contributed by atoms with E-state index >= 15 is 0 Å². The van der Waals surface area contributed by atoms with Crippen LogP contribution < -0.4 is 5.32 Å². The SMILES string of the molecule is CC1(C)CC(=O)C2=C(C1)Nc1ccc3ccccc3c1C2c1ccccn1. The van der Waals surface area contributed by atoms with Gasteiger partial charge < -0.3 is 5.32 Å². The van der Waals surface area contributed by atoms with Crippen LogP contribution in [0, 0.1) is 5.41 Å². The molecule has 3 nitrogen and oxygen atoms in total. The summed E-state index contributed by atoms with van der Waals surface area (Å²) >= 11 is 0. The average molecular weight is 354 g/mol. The lowest BCUT2D eigenvalue weighted by Crippen LogP contribution is -2.34. The molecule has 1 aliphatic carbocycles. The number of hydrogen-bond donors (Lipinski definition) is 1. The number of carbonyl (C=O) groups excluding carboxylic acids is 1. The van der Waals surface area contributed by atoms with E-state index < -0.39 is 0 Å². The van der Waals surface area contributed by atoms with Crippen molar-refractivity contribution in [2.45, 2.75) is 32.6 Å². The molecule has 1 aliphatic heterocycles. The molecule has 0 saturated carbocycles. The molecular weight excluding hydrogens is 332 g/mol. The Morgan fingerprint density at radius 2 is 1.81 bits per heavy atom. The Hall–Kier alpha value is -2.94. The van der Waals surface area contributed by atoms with Gasteiger partial charge in [0.15, 0.2) is 5.78 Å². The van der Waals surface area contributed by atoms with Gasteiger partial charge in [0.25, 0.3) is 0 Å². The van der Waals surface area contributed by atoms with E-state index in [2.05, 4.69) is 60.5 Å². The Balaban J connectivity index is 1.82. The van der Waals surface area contributed by atoms with E-state index in [-0.39, 0.29) is 17.1 Å². The third-order valence-corrected chi connectivity index (χ3v) is 5.74. The van der Waals surface area contributed by atoms with Gasteiger partial charge in [0.05, 0.1) is 11.6 Å². The van der Waals surface area contributed by atoms with Crippen molar-refractivity contribution in [1.82, 2.24) is 4.98 Å². The zero-order chi connectivity index (χ0) is 18.6. The molecule has 0 fully saturated rings. The number of nitrogens with one attached hydrogen (secondary N) is 1. The van der Waals surface area contributed by atoms with Crippen molar-refractivity contribution in [2.24, 2.45) is 5.41 Å². The van der Waals surface area contributed by atoms with Crippen LogP contribution in [0.3, 0.4) is 0 Å². The fourth-order valence-electron chi connectivity index (χ4n) is 4.65. The van der Waals surface area contributed by atoms with Crippen LogP contribution in [-0.4, -0.2) is 10.8 Å². The number of aromatic nitrogens is 1. The zero-order valence-electron chi connectivity index (χ0n) is 15.6. The number of Topliss-reactive ketones (excluding diaryl/α,β-unsaturated/α-hetero) is 1. The smallest absolute Gasteiger partial charge is 0.162 e. The summed E-state index contributed by atoms with van der Waals surface area (Å²) in [7, 11) is 0. The summed E-state index contributed by atoms with van der Waals surface area (Å²) in [4.78, 5) is 17.9. The maximum atomic E-state index is 13.2. The number of nitrogens with zero attached hydrogens (tertiary/aromatic N) is 1. The van der Waals surface area contributed by atoms with Crippen LogP contribution in [-0.2, 0) is 4.79 Å². The normalized spacial score (nSPS) is 20.8. The van der Waals surface area contributed by atoms with Crippen LogP contribution in [0.2, 0.25) is 0 Å². The molecule has 134 valence electrons. The van der Waals surface area contributed by atoms with E-state index in [1.807, 2.05) is 24.4 Å². The number of rotatable bonds is 1. The molecule has 2 heterocycles. The number of hydrogen-bond acceptors (Lipinski definition) is 3. The second-order valence-electron chi connectivity index (χ2n) is 8.39. The Bertz CT molecular complexity index is 1100. The summed E-state index contributed by atoms with van der Waals surface area (Å²) in [6.07, 6.45) is 3.28. The van der Waals surface area contributed by atoms with E-state index in [1.54, 1.807) is 0 Å². The largest absolute Gasteiger partial charge is 0.358 e. The molecule has 1 N–H and O–H groups in total. The second-order valence-corrected chi connectivity index (χ2v) is 8.39. The summed E-state index contributed by atoms with van der Waals surface area (Å²) in [6.45, 7) is 4.34. The Labute approximate surface area is 159 Å². The first-order chi connectivity index (χ1) is 13.0. The van der Waals surface area contributed by atoms with E-state index in [4.69, 9.17) is 0 Å². The summed E-state index contributed by atoms with van der Waals surface area (Å²) in [6, 6.07) is 18.7. The van der Waals surface area contributed by atoms with Crippen molar-refractivity contribution in [3.8, 4) is 0 Å². The maximum absolute atomic E-state index is 13.2. The highest BCUT2D eigenvalue weighted by atomic mass is 16.1. The Kier molecular flexibility index (Phi) is 3.48. The minimum absolute atomic E-state index is 0.0219. The molecule has 3 aromatic rings. The summed E-state index contributed by atoms with van der Waals surface area (Å²) in [5.41, 5.74) is 5.14. The van der Waals surface area contributed by atoms with E-state index in [9.17, 15) is 4.79 Å². The molecule has 0 saturated heterocycles. The van der Waals surface area contributed by atoms with Crippen LogP contribution in [0.25, 0.3) is 10.8 Å². The number of ketones is 1. The number of carbonyl (C=O) groups is 1. The Morgan fingerprint density at radius 3 is 2.63 bits per heavy atom. The van der Waals surface area contributed by atoms with Crippen LogP contribution >= 0.6 is 0 Å². The summed E-state index contributed by atoms with van der Waals surface area (Å²) < 4.78 is 0. The van der Waals surface area contributed by atoms with Crippen molar-refractivity contribution < 1.29 is 4.79 Å². The first-order valence-electron chi connectivity index (χ1n) is 9.49. The third-order valence-electron chi connectivity index (χ3n) is 5.74. The van der Waals surface area contributed by atoms with Gasteiger partial charge in [-0.1, -0.05) is 50.2 Å². The molecule has 1 unspecified atom stereocenters. The highest BCUT2D eigenvalue weighted by Crippen LogP contribution is 2.50. The van der Waals surface area contributed by atoms with E-state index in [0.717, 1.165) is 29.1 Å². The summed E-state index contributed by atoms with van der Waals surface area (Å²) in [5, 5.41) is 5.98. The van der Waals surface area contributed by atoms with Gasteiger partial charge in [0, 0.05) is 29.6 Å². The van der Waals surface area contributed by atoms with Crippen molar-refractivity contribution in [3.63, 3.8) is 0 Å². The van der Waals surface area contributed by atoms with E-state index in [1.165, 1.54) is 16.3 Å². The number of allylic oxidation sites excluding steroid dienone is 2. The van der Waals surface area contributed by atoms with Gasteiger partial charge in [-0.05, 0) is 46.4 Å². The molecule has 0 radical (unpaired) electrons. The standard InChI is InChI=1S/C24H22N2O/c1-24(2)13-19-22(20(27)14-24)23(17-9-5-6-12-25-17)21-16-8-4-3-7-15(16)10-11-18(21)26-19/h3-12,23,26H,13-14H2,1-2H3. The minimum atomic E-state index is -0.118. The predicted octanol–water partition coefficient (Wildman–Crippen LogP) is 5.44. The van der Waals surface area contributed by atoms with Gasteiger partial charge >= 0.3 is 0 Å². The van der Waals surface area contributed by atoms with Gasteiger partial charge in [-0.25, -0.2) is 0 Å². The number of benzene rings is 2. The molecular formula is C24H22N2O. The van der Waals surface area contributed by atoms with Crippen molar-refractivity contribution in [2.75, 3.05) is 5.32 Å². The molecule has 1 aromatic heterocycles. The second kappa shape index (κ2) is 5.78. The van der Waals surface area contributed by atoms with Gasteiger partial charge in [0.2, 0.25) is 0 Å². The van der Waals surface area contributed by atoms with Crippen molar-refractivity contribution >= 4 is 22.2 Å². The first-order valence-corrected chi connectivity index (χ1v) is 9.49. The third kappa shape index (κ3) is 2.57. The fourth-order valence-corrected chi connectivity index (χ4v) is 4.65. The molecule has 5 rings (SSSR count). The average Bonchev–Trinajstić information content (AvgIpc) is 2.66. The lowest BCUT2D eigenvalue weighted by molar-refractivity contribution is -0.118. The molecule has 2 aliphatic rings. The van der Waals surface area contributed by atoms with Gasteiger partial charge in [-0.15, -0.1) is 0 Å². The van der Waals surface area contributed by atoms with Crippen LogP contribution in [0.15, 0.2) is 72.1 Å². The highest BCUT2D eigenvalue weighted by Gasteiger charge is 2.41. The molecule has 0 spiro atoms. The fraction of sp³-hybridized carbons (Fsp3) is 0.250. The quantitative estimate of drug-likeness (QED) is 0.633. The van der Waals surface area contributed by atoms with Gasteiger partial charge in [-0.3, -0.25) is 9.78 Å². The Morgan fingerprint density at radius 1 is 1.00 bits per heavy atom. The predicted molar refractivity (Wildman–Crippen MR) is 109 cm³/mol. The molecule has 0 amide bonds. The van der Waals surface area contributed by atoms with E-state index in [0.29, 0.717) is 6.42 Å². The van der Waals surface area contributed by atoms with Crippen molar-refractivity contribution in [3.05, 3.63) is 83.3 Å². The number of fused-ring (bicyclic) bond motifs is 3. The van der Waals surface area contributed by atoms with Crippen LogP contribution in [0.1, 0.15) is 43.9 Å². The highest BCUT2D eigenvalue weighted by molar-refractivity contribution is 6.04. The number of anilines is 1. The number of pyridine rings is 1. The molecule has 27 heavy (non-hydrogen) atoms. The first kappa shape index (κ1) is 16.2. The van der Waals surface area contributed by atoms with Crippen LogP contribution in [0.4, 0.5) is 5.69 Å². The lowest BCUT2D eigenvalue weighted by atomic mass is 9.69. The molecule has 0 bridgehead atoms. The molecule has 2 aromatic carbocycles. The minimum Gasteiger partial charge on any atom is -0.358 e. The van der Waals surface area contributed by atoms with Crippen LogP contribution in [0.5, 0.6) is 0 Å². The zero-order valence-corrected chi connectivity index (χ0v) is 15.6. The van der Waals surface area contributed by atoms with Gasteiger partial charge in [0.1, 0.15) is 0 Å². The lowest BCUT2D eigenvalue weighted by Gasteiger charge is -2.39.